The van der Waals surface area contributed by atoms with Crippen LogP contribution in [0.15, 0.2) is 30.3 Å². The Balaban J connectivity index is 1.85. The number of nitrogens with two attached hydrogens (primary N) is 1. The van der Waals surface area contributed by atoms with Crippen LogP contribution >= 0.6 is 0 Å². The van der Waals surface area contributed by atoms with Gasteiger partial charge in [0.05, 0.1) is 0 Å². The summed E-state index contributed by atoms with van der Waals surface area (Å²) in [4.78, 5) is 4.69. The van der Waals surface area contributed by atoms with Crippen LogP contribution in [0.2, 0.25) is 0 Å². The number of hydrogen-bond donors (Lipinski definition) is 2. The molecule has 0 saturated heterocycles. The highest BCUT2D eigenvalue weighted by molar-refractivity contribution is 5.30. The minimum Gasteiger partial charge on any atom is -0.315 e. The molecule has 4 nitrogen and oxygen atoms in total. The lowest BCUT2D eigenvalue weighted by Gasteiger charge is -2.22. The van der Waals surface area contributed by atoms with Gasteiger partial charge in [-0.05, 0) is 25.3 Å². The number of rotatable bonds is 3. The summed E-state index contributed by atoms with van der Waals surface area (Å²) >= 11 is 0. The van der Waals surface area contributed by atoms with Crippen LogP contribution < -0.4 is 5.73 Å². The number of nitrogens with one attached hydrogen (secondary N) is 1. The quantitative estimate of drug-likeness (QED) is 0.900. The Morgan fingerprint density at radius 1 is 1.15 bits per heavy atom. The van der Waals surface area contributed by atoms with E-state index in [1.807, 2.05) is 37.3 Å². The van der Waals surface area contributed by atoms with Gasteiger partial charge in [0.1, 0.15) is 11.4 Å². The smallest absolute Gasteiger partial charge is 0.174 e. The Morgan fingerprint density at radius 3 is 2.55 bits per heavy atom. The Morgan fingerprint density at radius 2 is 1.85 bits per heavy atom. The van der Waals surface area contributed by atoms with Crippen molar-refractivity contribution < 1.29 is 0 Å². The predicted octanol–water partition coefficient (Wildman–Crippen LogP) is 3.07. The first kappa shape index (κ1) is 13.3. The van der Waals surface area contributed by atoms with E-state index in [2.05, 4.69) is 10.2 Å². The van der Waals surface area contributed by atoms with Gasteiger partial charge in [-0.1, -0.05) is 49.6 Å². The topological polar surface area (TPSA) is 67.6 Å². The third kappa shape index (κ3) is 2.48. The zero-order chi connectivity index (χ0) is 14.0. The number of aromatic nitrogens is 3. The maximum Gasteiger partial charge on any atom is 0.174 e. The Bertz CT molecular complexity index is 553. The van der Waals surface area contributed by atoms with Crippen molar-refractivity contribution in [1.29, 1.82) is 0 Å². The van der Waals surface area contributed by atoms with E-state index in [4.69, 9.17) is 10.7 Å². The monoisotopic (exact) mass is 270 g/mol. The molecule has 1 fully saturated rings. The summed E-state index contributed by atoms with van der Waals surface area (Å²) in [5.74, 6) is 2.22. The van der Waals surface area contributed by atoms with Gasteiger partial charge in [0, 0.05) is 5.92 Å². The lowest BCUT2D eigenvalue weighted by Crippen LogP contribution is -2.35. The van der Waals surface area contributed by atoms with Crippen LogP contribution in [-0.4, -0.2) is 15.2 Å². The fourth-order valence-electron chi connectivity index (χ4n) is 2.98. The summed E-state index contributed by atoms with van der Waals surface area (Å²) in [7, 11) is 0. The molecule has 1 aromatic heterocycles. The average molecular weight is 270 g/mol. The van der Waals surface area contributed by atoms with Crippen molar-refractivity contribution >= 4 is 0 Å². The van der Waals surface area contributed by atoms with Crippen LogP contribution in [0, 0.1) is 0 Å². The fraction of sp³-hybridized carbons (Fsp3) is 0.500. The predicted molar refractivity (Wildman–Crippen MR) is 79.3 cm³/mol. The summed E-state index contributed by atoms with van der Waals surface area (Å²) in [6, 6.07) is 10.0. The minimum absolute atomic E-state index is 0.525. The Hall–Kier alpha value is -1.68. The van der Waals surface area contributed by atoms with Gasteiger partial charge in [-0.25, -0.2) is 4.98 Å². The second kappa shape index (κ2) is 5.37. The van der Waals surface area contributed by atoms with Gasteiger partial charge in [-0.2, -0.15) is 5.10 Å². The Labute approximate surface area is 119 Å². The fourth-order valence-corrected chi connectivity index (χ4v) is 2.98. The highest BCUT2D eigenvalue weighted by Gasteiger charge is 2.29. The summed E-state index contributed by atoms with van der Waals surface area (Å²) in [6.07, 6.45) is 6.34. The van der Waals surface area contributed by atoms with E-state index in [1.165, 1.54) is 32.1 Å². The third-order valence-electron chi connectivity index (χ3n) is 4.33. The zero-order valence-electron chi connectivity index (χ0n) is 12.0. The number of hydrogen-bond acceptors (Lipinski definition) is 3. The largest absolute Gasteiger partial charge is 0.315 e. The van der Waals surface area contributed by atoms with Crippen LogP contribution in [0.1, 0.15) is 62.2 Å². The van der Waals surface area contributed by atoms with Crippen molar-refractivity contribution in [3.63, 3.8) is 0 Å². The van der Waals surface area contributed by atoms with Crippen LogP contribution in [0.3, 0.4) is 0 Å². The molecule has 1 saturated carbocycles. The highest BCUT2D eigenvalue weighted by atomic mass is 15.2. The SMILES string of the molecule is CC(N)(c1ccccc1)c1n[nH]c(C2CCCCC2)n1. The molecule has 0 amide bonds. The van der Waals surface area contributed by atoms with Gasteiger partial charge >= 0.3 is 0 Å². The van der Waals surface area contributed by atoms with Crippen molar-refractivity contribution in [1.82, 2.24) is 15.2 Å². The van der Waals surface area contributed by atoms with Crippen LogP contribution in [0.25, 0.3) is 0 Å². The van der Waals surface area contributed by atoms with Crippen LogP contribution in [-0.2, 0) is 5.54 Å². The highest BCUT2D eigenvalue weighted by Crippen LogP contribution is 2.32. The van der Waals surface area contributed by atoms with Crippen molar-refractivity contribution in [2.24, 2.45) is 5.73 Å². The van der Waals surface area contributed by atoms with E-state index in [-0.39, 0.29) is 0 Å². The number of nitrogens with zero attached hydrogens (tertiary/aromatic N) is 2. The molecular formula is C16H22N4. The first-order valence-corrected chi connectivity index (χ1v) is 7.45. The first-order valence-electron chi connectivity index (χ1n) is 7.45. The molecule has 0 radical (unpaired) electrons. The molecule has 1 heterocycles. The lowest BCUT2D eigenvalue weighted by atomic mass is 9.88. The molecule has 3 rings (SSSR count). The summed E-state index contributed by atoms with van der Waals surface area (Å²) in [5.41, 5.74) is 6.85. The third-order valence-corrected chi connectivity index (χ3v) is 4.33. The molecule has 1 aliphatic carbocycles. The summed E-state index contributed by atoms with van der Waals surface area (Å²) < 4.78 is 0. The van der Waals surface area contributed by atoms with Crippen molar-refractivity contribution in [2.45, 2.75) is 50.5 Å². The van der Waals surface area contributed by atoms with E-state index in [9.17, 15) is 0 Å². The van der Waals surface area contributed by atoms with E-state index < -0.39 is 5.54 Å². The van der Waals surface area contributed by atoms with Gasteiger partial charge in [0.25, 0.3) is 0 Å². The zero-order valence-corrected chi connectivity index (χ0v) is 12.0. The first-order chi connectivity index (χ1) is 9.68. The maximum absolute atomic E-state index is 6.46. The molecular weight excluding hydrogens is 248 g/mol. The second-order valence-corrected chi connectivity index (χ2v) is 5.95. The second-order valence-electron chi connectivity index (χ2n) is 5.95. The molecule has 1 unspecified atom stereocenters. The molecule has 0 aliphatic heterocycles. The van der Waals surface area contributed by atoms with Crippen LogP contribution in [0.4, 0.5) is 0 Å². The van der Waals surface area contributed by atoms with Gasteiger partial charge in [-0.3, -0.25) is 5.10 Å². The molecule has 0 bridgehead atoms. The number of benzene rings is 1. The molecule has 1 aromatic carbocycles. The van der Waals surface area contributed by atoms with E-state index >= 15 is 0 Å². The molecule has 20 heavy (non-hydrogen) atoms. The minimum atomic E-state index is -0.648. The molecule has 3 N–H and O–H groups in total. The molecule has 106 valence electrons. The maximum atomic E-state index is 6.46. The van der Waals surface area contributed by atoms with Crippen molar-refractivity contribution in [2.75, 3.05) is 0 Å². The summed E-state index contributed by atoms with van der Waals surface area (Å²) in [5, 5.41) is 7.49. The van der Waals surface area contributed by atoms with Gasteiger partial charge in [0.2, 0.25) is 0 Å². The van der Waals surface area contributed by atoms with E-state index in [1.54, 1.807) is 0 Å². The Kier molecular flexibility index (Phi) is 3.57. The van der Waals surface area contributed by atoms with Gasteiger partial charge < -0.3 is 5.73 Å². The normalized spacial score (nSPS) is 19.7. The number of aromatic amines is 1. The van der Waals surface area contributed by atoms with E-state index in [0.717, 1.165) is 11.4 Å². The molecule has 4 heteroatoms. The molecule has 0 spiro atoms. The average Bonchev–Trinajstić information content (AvgIpc) is 3.00. The molecule has 1 aliphatic rings. The summed E-state index contributed by atoms with van der Waals surface area (Å²) in [6.45, 7) is 1.97. The van der Waals surface area contributed by atoms with Crippen molar-refractivity contribution in [3.8, 4) is 0 Å². The standard InChI is InChI=1S/C16H22N4/c1-16(17,13-10-6-3-7-11-13)15-18-14(19-20-15)12-8-4-2-5-9-12/h3,6-7,10-12H,2,4-5,8-9,17H2,1H3,(H,18,19,20). The molecule has 2 aromatic rings. The van der Waals surface area contributed by atoms with Crippen molar-refractivity contribution in [3.05, 3.63) is 47.5 Å². The van der Waals surface area contributed by atoms with Crippen LogP contribution in [0.5, 0.6) is 0 Å². The number of H-pyrrole nitrogens is 1. The molecule has 1 atom stereocenters. The van der Waals surface area contributed by atoms with Gasteiger partial charge in [-0.15, -0.1) is 0 Å². The van der Waals surface area contributed by atoms with E-state index in [0.29, 0.717) is 11.7 Å². The van der Waals surface area contributed by atoms with Gasteiger partial charge in [0.15, 0.2) is 5.82 Å². The lowest BCUT2D eigenvalue weighted by molar-refractivity contribution is 0.429.